The molecular formula is C20H29N5O2. The molecule has 4 heterocycles. The van der Waals surface area contributed by atoms with Crippen molar-refractivity contribution in [1.82, 2.24) is 25.1 Å². The average molecular weight is 371 g/mol. The van der Waals surface area contributed by atoms with E-state index >= 15 is 0 Å². The summed E-state index contributed by atoms with van der Waals surface area (Å²) in [5, 5.41) is 3.57. The second kappa shape index (κ2) is 8.06. The summed E-state index contributed by atoms with van der Waals surface area (Å²) in [6.07, 6.45) is 3.55. The van der Waals surface area contributed by atoms with Gasteiger partial charge in [0, 0.05) is 62.3 Å². The second-order valence-electron chi connectivity index (χ2n) is 7.87. The number of nitrogens with zero attached hydrogens (tertiary/aromatic N) is 3. The molecule has 27 heavy (non-hydrogen) atoms. The van der Waals surface area contributed by atoms with Crippen LogP contribution >= 0.6 is 0 Å². The molecule has 0 amide bonds. The van der Waals surface area contributed by atoms with E-state index in [9.17, 15) is 4.79 Å². The summed E-state index contributed by atoms with van der Waals surface area (Å²) < 4.78 is 5.56. The Morgan fingerprint density at radius 2 is 2.26 bits per heavy atom. The lowest BCUT2D eigenvalue weighted by Gasteiger charge is -2.43. The second-order valence-corrected chi connectivity index (χ2v) is 7.87. The van der Waals surface area contributed by atoms with Gasteiger partial charge in [-0.05, 0) is 26.0 Å². The van der Waals surface area contributed by atoms with Crippen molar-refractivity contribution in [2.45, 2.75) is 32.0 Å². The van der Waals surface area contributed by atoms with Crippen molar-refractivity contribution in [1.29, 1.82) is 0 Å². The van der Waals surface area contributed by atoms with Crippen LogP contribution in [0.25, 0.3) is 11.0 Å². The van der Waals surface area contributed by atoms with E-state index in [4.69, 9.17) is 4.74 Å². The van der Waals surface area contributed by atoms with Crippen molar-refractivity contribution in [2.24, 2.45) is 0 Å². The number of hydrogen-bond acceptors (Lipinski definition) is 6. The van der Waals surface area contributed by atoms with Crippen LogP contribution in [0.3, 0.4) is 0 Å². The van der Waals surface area contributed by atoms with Gasteiger partial charge in [0.05, 0.1) is 30.8 Å². The molecule has 2 saturated heterocycles. The van der Waals surface area contributed by atoms with Gasteiger partial charge in [-0.3, -0.25) is 19.6 Å². The van der Waals surface area contributed by atoms with E-state index in [1.165, 1.54) is 0 Å². The van der Waals surface area contributed by atoms with E-state index in [1.807, 2.05) is 18.3 Å². The van der Waals surface area contributed by atoms with Crippen molar-refractivity contribution in [2.75, 3.05) is 45.9 Å². The highest BCUT2D eigenvalue weighted by atomic mass is 16.5. The fraction of sp³-hybridized carbons (Fsp3) is 0.600. The first-order chi connectivity index (χ1) is 13.1. The quantitative estimate of drug-likeness (QED) is 0.768. The molecule has 0 radical (unpaired) electrons. The first kappa shape index (κ1) is 18.6. The van der Waals surface area contributed by atoms with E-state index in [0.29, 0.717) is 30.2 Å². The number of aromatic amines is 1. The topological polar surface area (TPSA) is 73.5 Å². The van der Waals surface area contributed by atoms with Gasteiger partial charge in [-0.25, -0.2) is 0 Å². The standard InChI is InChI=1S/C20H29N5O2/c1-14-10-25(17(9-22-14)11-24-5-6-27-13-15(24)2)12-20(26)16-7-19-18(23-8-16)3-4-21-19/h3-4,7-8,14-15,17,21-22H,5-6,9-13H2,1-2H3/t14-,15-,17-/m1/s1. The molecule has 3 atom stereocenters. The van der Waals surface area contributed by atoms with Crippen LogP contribution in [-0.4, -0.2) is 89.6 Å². The van der Waals surface area contributed by atoms with Gasteiger partial charge in [-0.2, -0.15) is 0 Å². The highest BCUT2D eigenvalue weighted by Gasteiger charge is 2.31. The number of H-pyrrole nitrogens is 1. The smallest absolute Gasteiger partial charge is 0.178 e. The lowest BCUT2D eigenvalue weighted by Crippen LogP contribution is -2.61. The molecule has 0 spiro atoms. The number of rotatable bonds is 5. The number of Topliss-reactive ketones (excluding diaryl/α,β-unsaturated/α-hetero) is 1. The lowest BCUT2D eigenvalue weighted by molar-refractivity contribution is -0.0168. The van der Waals surface area contributed by atoms with E-state index in [0.717, 1.165) is 50.4 Å². The SMILES string of the molecule is C[C@@H]1CN(CC(=O)c2cnc3cc[nH]c3c2)[C@@H](CN2CCOC[C@H]2C)CN1. The Morgan fingerprint density at radius 3 is 3.11 bits per heavy atom. The number of nitrogens with one attached hydrogen (secondary N) is 2. The van der Waals surface area contributed by atoms with Crippen molar-refractivity contribution in [3.05, 3.63) is 30.1 Å². The maximum absolute atomic E-state index is 12.9. The predicted octanol–water partition coefficient (Wildman–Crippen LogP) is 1.13. The van der Waals surface area contributed by atoms with Crippen molar-refractivity contribution >= 4 is 16.8 Å². The van der Waals surface area contributed by atoms with Crippen molar-refractivity contribution in [3.8, 4) is 0 Å². The predicted molar refractivity (Wildman–Crippen MR) is 105 cm³/mol. The van der Waals surface area contributed by atoms with E-state index in [1.54, 1.807) is 6.20 Å². The lowest BCUT2D eigenvalue weighted by atomic mass is 10.1. The fourth-order valence-corrected chi connectivity index (χ4v) is 4.07. The average Bonchev–Trinajstić information content (AvgIpc) is 3.13. The van der Waals surface area contributed by atoms with Crippen molar-refractivity contribution < 1.29 is 9.53 Å². The summed E-state index contributed by atoms with van der Waals surface area (Å²) in [4.78, 5) is 25.3. The molecule has 2 aromatic rings. The Labute approximate surface area is 160 Å². The minimum absolute atomic E-state index is 0.133. The van der Waals surface area contributed by atoms with Gasteiger partial charge in [-0.1, -0.05) is 0 Å². The van der Waals surface area contributed by atoms with Gasteiger partial charge < -0.3 is 15.0 Å². The van der Waals surface area contributed by atoms with Crippen LogP contribution in [0, 0.1) is 0 Å². The van der Waals surface area contributed by atoms with E-state index in [-0.39, 0.29) is 5.78 Å². The third-order valence-electron chi connectivity index (χ3n) is 5.74. The van der Waals surface area contributed by atoms with Gasteiger partial charge >= 0.3 is 0 Å². The number of ether oxygens (including phenoxy) is 1. The number of ketones is 1. The van der Waals surface area contributed by atoms with Gasteiger partial charge in [-0.15, -0.1) is 0 Å². The number of piperazine rings is 1. The first-order valence-corrected chi connectivity index (χ1v) is 9.85. The molecule has 4 rings (SSSR count). The Balaban J connectivity index is 1.45. The molecule has 2 aliphatic heterocycles. The Hall–Kier alpha value is -1.80. The third-order valence-corrected chi connectivity index (χ3v) is 5.74. The van der Waals surface area contributed by atoms with E-state index in [2.05, 4.69) is 38.9 Å². The molecule has 0 unspecified atom stereocenters. The van der Waals surface area contributed by atoms with Crippen LogP contribution in [0.15, 0.2) is 24.5 Å². The molecular weight excluding hydrogens is 342 g/mol. The van der Waals surface area contributed by atoms with Crippen LogP contribution < -0.4 is 5.32 Å². The molecule has 0 aliphatic carbocycles. The minimum Gasteiger partial charge on any atom is -0.379 e. The Morgan fingerprint density at radius 1 is 1.37 bits per heavy atom. The summed E-state index contributed by atoms with van der Waals surface area (Å²) in [5.41, 5.74) is 2.48. The number of carbonyl (C=O) groups is 1. The molecule has 0 aromatic carbocycles. The molecule has 7 heteroatoms. The molecule has 7 nitrogen and oxygen atoms in total. The summed E-state index contributed by atoms with van der Waals surface area (Å²) in [6, 6.07) is 4.97. The van der Waals surface area contributed by atoms with Gasteiger partial charge in [0.15, 0.2) is 5.78 Å². The summed E-state index contributed by atoms with van der Waals surface area (Å²) in [5.74, 6) is 0.133. The maximum Gasteiger partial charge on any atom is 0.178 e. The fourth-order valence-electron chi connectivity index (χ4n) is 4.07. The normalized spacial score (nSPS) is 27.9. The summed E-state index contributed by atoms with van der Waals surface area (Å²) >= 11 is 0. The molecule has 2 fully saturated rings. The summed E-state index contributed by atoms with van der Waals surface area (Å²) in [6.45, 7) is 10.1. The zero-order valence-electron chi connectivity index (χ0n) is 16.1. The van der Waals surface area contributed by atoms with Crippen LogP contribution in [0.5, 0.6) is 0 Å². The van der Waals surface area contributed by atoms with Gasteiger partial charge in [0.25, 0.3) is 0 Å². The summed E-state index contributed by atoms with van der Waals surface area (Å²) in [7, 11) is 0. The molecule has 0 bridgehead atoms. The van der Waals surface area contributed by atoms with Crippen LogP contribution in [0.4, 0.5) is 0 Å². The van der Waals surface area contributed by atoms with E-state index < -0.39 is 0 Å². The molecule has 0 saturated carbocycles. The maximum atomic E-state index is 12.9. The Kier molecular flexibility index (Phi) is 5.54. The number of carbonyl (C=O) groups excluding carboxylic acids is 1. The van der Waals surface area contributed by atoms with Crippen LogP contribution in [0.2, 0.25) is 0 Å². The number of aromatic nitrogens is 2. The zero-order valence-corrected chi connectivity index (χ0v) is 16.1. The largest absolute Gasteiger partial charge is 0.379 e. The van der Waals surface area contributed by atoms with Crippen molar-refractivity contribution in [3.63, 3.8) is 0 Å². The van der Waals surface area contributed by atoms with Gasteiger partial charge in [0.2, 0.25) is 0 Å². The number of morpholine rings is 1. The molecule has 2 aromatic heterocycles. The molecule has 2 N–H and O–H groups in total. The molecule has 2 aliphatic rings. The number of hydrogen-bond donors (Lipinski definition) is 2. The monoisotopic (exact) mass is 371 g/mol. The first-order valence-electron chi connectivity index (χ1n) is 9.85. The Bertz CT molecular complexity index is 792. The highest BCUT2D eigenvalue weighted by molar-refractivity contribution is 5.99. The van der Waals surface area contributed by atoms with Crippen LogP contribution in [0.1, 0.15) is 24.2 Å². The molecule has 146 valence electrons. The van der Waals surface area contributed by atoms with Crippen LogP contribution in [-0.2, 0) is 4.74 Å². The van der Waals surface area contributed by atoms with Gasteiger partial charge in [0.1, 0.15) is 0 Å². The number of pyridine rings is 1. The highest BCUT2D eigenvalue weighted by Crippen LogP contribution is 2.16. The number of fused-ring (bicyclic) bond motifs is 1. The third kappa shape index (κ3) is 4.21. The zero-order chi connectivity index (χ0) is 18.8. The minimum atomic E-state index is 0.133.